The fraction of sp³-hybridized carbons (Fsp3) is 0.107. The molecule has 5 aromatic rings. The van der Waals surface area contributed by atoms with Gasteiger partial charge in [-0.2, -0.15) is 0 Å². The van der Waals surface area contributed by atoms with Gasteiger partial charge < -0.3 is 11.1 Å². The van der Waals surface area contributed by atoms with Gasteiger partial charge in [0.2, 0.25) is 0 Å². The van der Waals surface area contributed by atoms with E-state index in [1.807, 2.05) is 36.4 Å². The van der Waals surface area contributed by atoms with Crippen LogP contribution >= 0.6 is 0 Å². The molecule has 0 spiro atoms. The van der Waals surface area contributed by atoms with Gasteiger partial charge in [0, 0.05) is 36.1 Å². The fourth-order valence-corrected chi connectivity index (χ4v) is 4.09. The summed E-state index contributed by atoms with van der Waals surface area (Å²) < 4.78 is 13.2. The van der Waals surface area contributed by atoms with Crippen LogP contribution in [0.2, 0.25) is 0 Å². The molecule has 2 aromatic heterocycles. The van der Waals surface area contributed by atoms with Crippen molar-refractivity contribution < 1.29 is 4.39 Å². The first-order valence-corrected chi connectivity index (χ1v) is 11.2. The van der Waals surface area contributed by atoms with Crippen LogP contribution in [-0.4, -0.2) is 27.8 Å². The summed E-state index contributed by atoms with van der Waals surface area (Å²) in [7, 11) is 0. The van der Waals surface area contributed by atoms with Crippen LogP contribution in [0, 0.1) is 5.82 Å². The lowest BCUT2D eigenvalue weighted by Gasteiger charge is -2.16. The number of halogens is 1. The Morgan fingerprint density at radius 2 is 1.59 bits per heavy atom. The van der Waals surface area contributed by atoms with E-state index in [4.69, 9.17) is 5.73 Å². The van der Waals surface area contributed by atoms with E-state index in [1.165, 1.54) is 12.1 Å². The molecule has 5 rings (SSSR count). The first-order chi connectivity index (χ1) is 16.7. The van der Waals surface area contributed by atoms with Crippen LogP contribution in [0.3, 0.4) is 0 Å². The Morgan fingerprint density at radius 1 is 0.824 bits per heavy atom. The molecule has 1 atom stereocenters. The van der Waals surface area contributed by atoms with Gasteiger partial charge in [-0.1, -0.05) is 54.6 Å². The molecule has 2 heterocycles. The molecule has 0 fully saturated rings. The van der Waals surface area contributed by atoms with Crippen LogP contribution in [0.1, 0.15) is 5.56 Å². The maximum absolute atomic E-state index is 13.2. The van der Waals surface area contributed by atoms with Crippen molar-refractivity contribution in [1.29, 1.82) is 0 Å². The van der Waals surface area contributed by atoms with E-state index in [9.17, 15) is 4.39 Å². The molecule has 0 amide bonds. The van der Waals surface area contributed by atoms with Crippen LogP contribution in [0.4, 0.5) is 10.2 Å². The summed E-state index contributed by atoms with van der Waals surface area (Å²) in [5.74, 6) is 0.394. The Hall–Kier alpha value is -4.16. The summed E-state index contributed by atoms with van der Waals surface area (Å²) in [6, 6.07) is 26.7. The van der Waals surface area contributed by atoms with Crippen LogP contribution in [0.5, 0.6) is 0 Å². The van der Waals surface area contributed by atoms with E-state index in [-0.39, 0.29) is 11.9 Å². The lowest BCUT2D eigenvalue weighted by Crippen LogP contribution is -2.31. The lowest BCUT2D eigenvalue weighted by atomic mass is 9.96. The van der Waals surface area contributed by atoms with E-state index in [0.29, 0.717) is 18.8 Å². The normalized spacial score (nSPS) is 11.9. The zero-order valence-electron chi connectivity index (χ0n) is 18.5. The number of nitrogens with two attached hydrogens (primary N) is 1. The highest BCUT2D eigenvalue weighted by Crippen LogP contribution is 2.35. The highest BCUT2D eigenvalue weighted by Gasteiger charge is 2.15. The summed E-state index contributed by atoms with van der Waals surface area (Å²) in [5, 5.41) is 14.7. The number of hydrogen-bond acceptors (Lipinski definition) is 5. The molecule has 34 heavy (non-hydrogen) atoms. The monoisotopic (exact) mass is 449 g/mol. The van der Waals surface area contributed by atoms with Crippen molar-refractivity contribution in [2.75, 3.05) is 11.9 Å². The molecule has 5 nitrogen and oxygen atoms in total. The number of hydrogen-bond donors (Lipinski definition) is 2. The predicted octanol–water partition coefficient (Wildman–Crippen LogP) is 5.48. The van der Waals surface area contributed by atoms with E-state index < -0.39 is 0 Å². The van der Waals surface area contributed by atoms with Crippen molar-refractivity contribution in [2.45, 2.75) is 12.5 Å². The van der Waals surface area contributed by atoms with Gasteiger partial charge in [0.1, 0.15) is 17.3 Å². The smallest absolute Gasteiger partial charge is 0.149 e. The maximum atomic E-state index is 13.2. The number of nitrogens with one attached hydrogen (secondary N) is 1. The van der Waals surface area contributed by atoms with Gasteiger partial charge in [-0.3, -0.25) is 4.98 Å². The van der Waals surface area contributed by atoms with Crippen molar-refractivity contribution in [1.82, 2.24) is 15.2 Å². The summed E-state index contributed by atoms with van der Waals surface area (Å²) in [6.45, 7) is 0.509. The summed E-state index contributed by atoms with van der Waals surface area (Å²) in [4.78, 5) is 4.16. The highest BCUT2D eigenvalue weighted by molar-refractivity contribution is 5.99. The van der Waals surface area contributed by atoms with Crippen molar-refractivity contribution in [2.24, 2.45) is 5.73 Å². The fourth-order valence-electron chi connectivity index (χ4n) is 4.09. The van der Waals surface area contributed by atoms with Crippen LogP contribution < -0.4 is 11.1 Å². The molecule has 0 radical (unpaired) electrons. The van der Waals surface area contributed by atoms with Gasteiger partial charge in [-0.25, -0.2) is 4.39 Å². The number of anilines is 1. The topological polar surface area (TPSA) is 76.7 Å². The molecule has 0 bridgehead atoms. The highest BCUT2D eigenvalue weighted by atomic mass is 19.1. The van der Waals surface area contributed by atoms with E-state index in [1.54, 1.807) is 24.5 Å². The lowest BCUT2D eigenvalue weighted by molar-refractivity contribution is 0.625. The second-order valence-corrected chi connectivity index (χ2v) is 8.23. The third-order valence-corrected chi connectivity index (χ3v) is 5.79. The first kappa shape index (κ1) is 21.7. The maximum Gasteiger partial charge on any atom is 0.149 e. The average molecular weight is 450 g/mol. The van der Waals surface area contributed by atoms with Gasteiger partial charge in [-0.15, -0.1) is 10.2 Å². The molecule has 0 aliphatic carbocycles. The number of aromatic nitrogens is 3. The molecule has 0 aliphatic rings. The number of benzene rings is 3. The Morgan fingerprint density at radius 3 is 2.41 bits per heavy atom. The minimum absolute atomic E-state index is 0.158. The largest absolute Gasteiger partial charge is 0.367 e. The van der Waals surface area contributed by atoms with E-state index in [2.05, 4.69) is 44.8 Å². The molecular weight excluding hydrogens is 425 g/mol. The molecule has 3 N–H and O–H groups in total. The first-order valence-electron chi connectivity index (χ1n) is 11.2. The minimum Gasteiger partial charge on any atom is -0.367 e. The van der Waals surface area contributed by atoms with Gasteiger partial charge in [-0.05, 0) is 58.7 Å². The Balaban J connectivity index is 1.44. The van der Waals surface area contributed by atoms with Crippen molar-refractivity contribution >= 4 is 16.6 Å². The summed E-state index contributed by atoms with van der Waals surface area (Å²) in [5.41, 5.74) is 11.1. The molecule has 6 heteroatoms. The van der Waals surface area contributed by atoms with Gasteiger partial charge in [0.25, 0.3) is 0 Å². The van der Waals surface area contributed by atoms with Gasteiger partial charge >= 0.3 is 0 Å². The molecule has 0 aliphatic heterocycles. The predicted molar refractivity (Wildman–Crippen MR) is 135 cm³/mol. The van der Waals surface area contributed by atoms with Gasteiger partial charge in [0.15, 0.2) is 0 Å². The van der Waals surface area contributed by atoms with E-state index in [0.717, 1.165) is 38.7 Å². The Labute approximate surface area is 197 Å². The van der Waals surface area contributed by atoms with Crippen molar-refractivity contribution in [3.63, 3.8) is 0 Å². The standard InChI is InChI=1S/C28H24FN5/c29-22-10-8-19(9-11-22)16-23(30)18-32-27-17-26(21-12-14-31-15-13-21)28(34-33-27)25-7-3-5-20-4-1-2-6-24(20)25/h1-15,17,23H,16,18,30H2,(H,32,33)/t23-/m0/s1. The molecule has 168 valence electrons. The number of nitrogens with zero attached hydrogens (tertiary/aromatic N) is 3. The van der Waals surface area contributed by atoms with Crippen molar-refractivity contribution in [3.05, 3.63) is 109 Å². The third-order valence-electron chi connectivity index (χ3n) is 5.79. The van der Waals surface area contributed by atoms with E-state index >= 15 is 0 Å². The zero-order valence-corrected chi connectivity index (χ0v) is 18.5. The van der Waals surface area contributed by atoms with Crippen molar-refractivity contribution in [3.8, 4) is 22.4 Å². The Bertz CT molecular complexity index is 1400. The Kier molecular flexibility index (Phi) is 6.23. The quantitative estimate of drug-likeness (QED) is 0.344. The molecule has 0 saturated carbocycles. The third kappa shape index (κ3) is 4.77. The average Bonchev–Trinajstić information content (AvgIpc) is 2.89. The number of pyridine rings is 1. The van der Waals surface area contributed by atoms with Gasteiger partial charge in [0.05, 0.1) is 0 Å². The molecular formula is C28H24FN5. The SMILES string of the molecule is N[C@H](CNc1cc(-c2ccncc2)c(-c2cccc3ccccc23)nn1)Cc1ccc(F)cc1. The summed E-state index contributed by atoms with van der Waals surface area (Å²) >= 11 is 0. The van der Waals surface area contributed by atoms with Crippen LogP contribution in [0.25, 0.3) is 33.2 Å². The van der Waals surface area contributed by atoms with Crippen LogP contribution in [0.15, 0.2) is 97.3 Å². The zero-order chi connectivity index (χ0) is 23.3. The second-order valence-electron chi connectivity index (χ2n) is 8.23. The van der Waals surface area contributed by atoms with Crippen LogP contribution in [-0.2, 0) is 6.42 Å². The minimum atomic E-state index is -0.249. The summed E-state index contributed by atoms with van der Waals surface area (Å²) in [6.07, 6.45) is 4.18. The number of rotatable bonds is 7. The molecule has 0 saturated heterocycles. The number of fused-ring (bicyclic) bond motifs is 1. The molecule has 3 aromatic carbocycles. The molecule has 0 unspecified atom stereocenters. The second kappa shape index (κ2) is 9.77.